The molecular formula is C23H24N2O4. The van der Waals surface area contributed by atoms with E-state index in [0.717, 1.165) is 22.2 Å². The fourth-order valence-corrected chi connectivity index (χ4v) is 3.74. The highest BCUT2D eigenvalue weighted by Gasteiger charge is 2.35. The molecule has 6 nitrogen and oxygen atoms in total. The monoisotopic (exact) mass is 392 g/mol. The Bertz CT molecular complexity index is 1130. The van der Waals surface area contributed by atoms with Crippen LogP contribution >= 0.6 is 0 Å². The number of likely N-dealkylation sites (tertiary alicyclic amines) is 1. The average Bonchev–Trinajstić information content (AvgIpc) is 2.65. The summed E-state index contributed by atoms with van der Waals surface area (Å²) >= 11 is 0. The number of hydrogen-bond acceptors (Lipinski definition) is 5. The van der Waals surface area contributed by atoms with Gasteiger partial charge in [0.05, 0.1) is 5.39 Å². The molecule has 0 saturated carbocycles. The zero-order valence-electron chi connectivity index (χ0n) is 17.1. The van der Waals surface area contributed by atoms with E-state index >= 15 is 0 Å². The van der Waals surface area contributed by atoms with Gasteiger partial charge in [0.1, 0.15) is 11.3 Å². The van der Waals surface area contributed by atoms with Gasteiger partial charge in [0.25, 0.3) is 5.91 Å². The molecule has 3 aromatic rings. The molecule has 1 aliphatic rings. The van der Waals surface area contributed by atoms with Crippen LogP contribution in [0.1, 0.15) is 35.2 Å². The van der Waals surface area contributed by atoms with Crippen molar-refractivity contribution >= 4 is 16.9 Å². The Labute approximate surface area is 169 Å². The quantitative estimate of drug-likeness (QED) is 0.636. The van der Waals surface area contributed by atoms with Gasteiger partial charge in [0, 0.05) is 36.5 Å². The van der Waals surface area contributed by atoms with Crippen LogP contribution in [0, 0.1) is 20.8 Å². The van der Waals surface area contributed by atoms with Gasteiger partial charge in [-0.3, -0.25) is 9.78 Å². The Balaban J connectivity index is 1.54. The van der Waals surface area contributed by atoms with E-state index < -0.39 is 6.10 Å². The summed E-state index contributed by atoms with van der Waals surface area (Å²) in [7, 11) is 0. The van der Waals surface area contributed by atoms with Crippen molar-refractivity contribution in [3.63, 3.8) is 0 Å². The number of carbonyl (C=O) groups excluding carboxylic acids is 1. The normalized spacial score (nSPS) is 15.2. The van der Waals surface area contributed by atoms with Crippen molar-refractivity contribution in [3.8, 4) is 5.75 Å². The molecule has 4 rings (SSSR count). The SMILES string of the molecule is Cc1cc(OC(C)C(=O)N2CC(c3ccccn3)C2)c2c(C)c(C)c(=O)oc2c1. The number of aryl methyl sites for hydroxylation is 2. The standard InChI is InChI=1S/C23H24N2O4/c1-13-9-19(21-14(2)15(3)23(27)29-20(21)10-13)28-16(4)22(26)25-11-17(12-25)18-7-5-6-8-24-18/h5-10,16-17H,11-12H2,1-4H3. The van der Waals surface area contributed by atoms with Crippen LogP contribution in [0.5, 0.6) is 5.75 Å². The van der Waals surface area contributed by atoms with Gasteiger partial charge in [0.2, 0.25) is 0 Å². The van der Waals surface area contributed by atoms with Crippen LogP contribution in [-0.4, -0.2) is 35.0 Å². The number of aromatic nitrogens is 1. The molecule has 1 atom stereocenters. The number of fused-ring (bicyclic) bond motifs is 1. The number of nitrogens with zero attached hydrogens (tertiary/aromatic N) is 2. The molecule has 3 heterocycles. The van der Waals surface area contributed by atoms with E-state index in [1.165, 1.54) is 0 Å². The minimum atomic E-state index is -0.642. The number of benzene rings is 1. The predicted octanol–water partition coefficient (Wildman–Crippen LogP) is 3.51. The number of carbonyl (C=O) groups is 1. The Morgan fingerprint density at radius 3 is 2.66 bits per heavy atom. The smallest absolute Gasteiger partial charge is 0.339 e. The number of rotatable bonds is 4. The Kier molecular flexibility index (Phi) is 4.86. The number of amides is 1. The van der Waals surface area contributed by atoms with E-state index in [1.807, 2.05) is 44.2 Å². The van der Waals surface area contributed by atoms with Crippen LogP contribution in [0.25, 0.3) is 11.0 Å². The molecule has 150 valence electrons. The maximum absolute atomic E-state index is 12.8. The lowest BCUT2D eigenvalue weighted by atomic mass is 9.95. The second-order valence-corrected chi connectivity index (χ2v) is 7.73. The van der Waals surface area contributed by atoms with E-state index in [-0.39, 0.29) is 17.5 Å². The molecule has 0 spiro atoms. The van der Waals surface area contributed by atoms with Gasteiger partial charge < -0.3 is 14.1 Å². The molecule has 29 heavy (non-hydrogen) atoms. The summed E-state index contributed by atoms with van der Waals surface area (Å²) in [5.74, 6) is 0.775. The third-order valence-corrected chi connectivity index (χ3v) is 5.61. The molecule has 6 heteroatoms. The molecule has 1 unspecified atom stereocenters. The second-order valence-electron chi connectivity index (χ2n) is 7.73. The molecule has 0 bridgehead atoms. The van der Waals surface area contributed by atoms with Crippen molar-refractivity contribution in [1.29, 1.82) is 0 Å². The molecule has 1 aliphatic heterocycles. The lowest BCUT2D eigenvalue weighted by molar-refractivity contribution is -0.142. The lowest BCUT2D eigenvalue weighted by Gasteiger charge is -2.40. The molecule has 0 radical (unpaired) electrons. The van der Waals surface area contributed by atoms with Crippen molar-refractivity contribution in [1.82, 2.24) is 9.88 Å². The van der Waals surface area contributed by atoms with E-state index in [1.54, 1.807) is 24.9 Å². The van der Waals surface area contributed by atoms with Gasteiger partial charge in [-0.15, -0.1) is 0 Å². The van der Waals surface area contributed by atoms with Crippen LogP contribution in [-0.2, 0) is 4.79 Å². The fourth-order valence-electron chi connectivity index (χ4n) is 3.74. The van der Waals surface area contributed by atoms with E-state index in [0.29, 0.717) is 30.0 Å². The van der Waals surface area contributed by atoms with Gasteiger partial charge in [-0.25, -0.2) is 4.79 Å². The summed E-state index contributed by atoms with van der Waals surface area (Å²) in [5.41, 5.74) is 3.40. The average molecular weight is 392 g/mol. The fraction of sp³-hybridized carbons (Fsp3) is 0.348. The van der Waals surface area contributed by atoms with Gasteiger partial charge in [-0.2, -0.15) is 0 Å². The van der Waals surface area contributed by atoms with Crippen LogP contribution in [0.2, 0.25) is 0 Å². The van der Waals surface area contributed by atoms with Crippen LogP contribution < -0.4 is 10.4 Å². The van der Waals surface area contributed by atoms with Crippen molar-refractivity contribution < 1.29 is 13.9 Å². The van der Waals surface area contributed by atoms with Crippen LogP contribution in [0.4, 0.5) is 0 Å². The highest BCUT2D eigenvalue weighted by atomic mass is 16.5. The highest BCUT2D eigenvalue weighted by molar-refractivity contribution is 5.89. The summed E-state index contributed by atoms with van der Waals surface area (Å²) < 4.78 is 11.5. The molecule has 1 fully saturated rings. The third-order valence-electron chi connectivity index (χ3n) is 5.61. The first-order valence-electron chi connectivity index (χ1n) is 9.76. The number of pyridine rings is 1. The maximum Gasteiger partial charge on any atom is 0.339 e. The third kappa shape index (κ3) is 3.50. The maximum atomic E-state index is 12.8. The molecule has 1 amide bonds. The Hall–Kier alpha value is -3.15. The summed E-state index contributed by atoms with van der Waals surface area (Å²) in [5, 5.41) is 0.738. The second kappa shape index (κ2) is 7.35. The largest absolute Gasteiger partial charge is 0.480 e. The number of hydrogen-bond donors (Lipinski definition) is 0. The first-order valence-corrected chi connectivity index (χ1v) is 9.76. The summed E-state index contributed by atoms with van der Waals surface area (Å²) in [6.45, 7) is 8.55. The van der Waals surface area contributed by atoms with Crippen molar-refractivity contribution in [2.24, 2.45) is 0 Å². The van der Waals surface area contributed by atoms with E-state index in [9.17, 15) is 9.59 Å². The molecule has 0 aliphatic carbocycles. The molecule has 0 N–H and O–H groups in total. The molecule has 2 aromatic heterocycles. The predicted molar refractivity (Wildman–Crippen MR) is 110 cm³/mol. The highest BCUT2D eigenvalue weighted by Crippen LogP contribution is 2.32. The summed E-state index contributed by atoms with van der Waals surface area (Å²) in [4.78, 5) is 31.0. The van der Waals surface area contributed by atoms with Gasteiger partial charge in [-0.05, 0) is 63.1 Å². The van der Waals surface area contributed by atoms with Crippen molar-refractivity contribution in [2.75, 3.05) is 13.1 Å². The van der Waals surface area contributed by atoms with Gasteiger partial charge in [0.15, 0.2) is 6.10 Å². The zero-order valence-corrected chi connectivity index (χ0v) is 17.1. The van der Waals surface area contributed by atoms with E-state index in [2.05, 4.69) is 4.98 Å². The lowest BCUT2D eigenvalue weighted by Crippen LogP contribution is -2.52. The van der Waals surface area contributed by atoms with Gasteiger partial charge >= 0.3 is 5.63 Å². The molecule has 1 aromatic carbocycles. The first kappa shape index (κ1) is 19.2. The minimum Gasteiger partial charge on any atom is -0.480 e. The topological polar surface area (TPSA) is 72.6 Å². The molecule has 1 saturated heterocycles. The van der Waals surface area contributed by atoms with Gasteiger partial charge in [-0.1, -0.05) is 6.07 Å². The van der Waals surface area contributed by atoms with E-state index in [4.69, 9.17) is 9.15 Å². The first-order chi connectivity index (χ1) is 13.8. The zero-order chi connectivity index (χ0) is 20.7. The minimum absolute atomic E-state index is 0.0569. The summed E-state index contributed by atoms with van der Waals surface area (Å²) in [6, 6.07) is 9.54. The Morgan fingerprint density at radius 1 is 1.21 bits per heavy atom. The van der Waals surface area contributed by atoms with Crippen LogP contribution in [0.15, 0.2) is 45.7 Å². The van der Waals surface area contributed by atoms with Crippen LogP contribution in [0.3, 0.4) is 0 Å². The Morgan fingerprint density at radius 2 is 1.97 bits per heavy atom. The van der Waals surface area contributed by atoms with Crippen molar-refractivity contribution in [3.05, 3.63) is 69.3 Å². The molecular weight excluding hydrogens is 368 g/mol. The summed E-state index contributed by atoms with van der Waals surface area (Å²) in [6.07, 6.45) is 1.13. The number of ether oxygens (including phenoxy) is 1. The van der Waals surface area contributed by atoms with Crippen molar-refractivity contribution in [2.45, 2.75) is 39.7 Å².